The minimum atomic E-state index is 0.366. The summed E-state index contributed by atoms with van der Waals surface area (Å²) < 4.78 is 10.6. The molecule has 2 unspecified atom stereocenters. The molecule has 0 bridgehead atoms. The molecule has 0 aromatic carbocycles. The summed E-state index contributed by atoms with van der Waals surface area (Å²) in [5, 5.41) is 4.79. The molecular weight excluding hydrogens is 372 g/mol. The lowest BCUT2D eigenvalue weighted by atomic mass is 9.65. The molecule has 4 nitrogen and oxygen atoms in total. The minimum absolute atomic E-state index is 0.366. The Labute approximate surface area is 178 Å². The highest BCUT2D eigenvalue weighted by molar-refractivity contribution is 6.29. The van der Waals surface area contributed by atoms with E-state index in [9.17, 15) is 0 Å². The van der Waals surface area contributed by atoms with Gasteiger partial charge in [-0.1, -0.05) is 45.4 Å². The molecule has 1 heterocycles. The highest BCUT2D eigenvalue weighted by Crippen LogP contribution is 2.44. The third-order valence-corrected chi connectivity index (χ3v) is 7.04. The van der Waals surface area contributed by atoms with E-state index in [0.717, 1.165) is 43.0 Å². The van der Waals surface area contributed by atoms with Crippen molar-refractivity contribution in [3.05, 3.63) is 11.1 Å². The Hall–Kier alpha value is -0.130. The second kappa shape index (κ2) is 11.9. The predicted molar refractivity (Wildman–Crippen MR) is 119 cm³/mol. The smallest absolute Gasteiger partial charge is 0.0700 e. The molecule has 1 aliphatic heterocycles. The standard InChI is InChI=1S/C23H43ClN2O2/c1-18(2)22(25-11-13-28-15-14-27-5)16-26-12-10-21(23(3,4)17-26)19-6-8-20(24)9-7-19/h8,18-19,21-22,25H,6-7,9-17H2,1-5H3/t19?,21?,22-/m0/s1. The van der Waals surface area contributed by atoms with Crippen LogP contribution in [0.25, 0.3) is 0 Å². The van der Waals surface area contributed by atoms with Crippen molar-refractivity contribution in [3.63, 3.8) is 0 Å². The number of hydrogen-bond acceptors (Lipinski definition) is 4. The molecule has 28 heavy (non-hydrogen) atoms. The number of nitrogens with one attached hydrogen (secondary N) is 1. The molecular formula is C23H43ClN2O2. The first-order valence-electron chi connectivity index (χ1n) is 11.2. The van der Waals surface area contributed by atoms with E-state index in [2.05, 4.69) is 44.0 Å². The van der Waals surface area contributed by atoms with Crippen LogP contribution in [-0.4, -0.2) is 64.1 Å². The van der Waals surface area contributed by atoms with E-state index >= 15 is 0 Å². The van der Waals surface area contributed by atoms with Crippen LogP contribution in [-0.2, 0) is 9.47 Å². The number of halogens is 1. The first kappa shape index (κ1) is 24.1. The van der Waals surface area contributed by atoms with Crippen molar-refractivity contribution in [2.75, 3.05) is 53.1 Å². The van der Waals surface area contributed by atoms with Crippen molar-refractivity contribution in [2.45, 2.75) is 59.4 Å². The lowest BCUT2D eigenvalue weighted by Gasteiger charge is -2.49. The van der Waals surface area contributed by atoms with Gasteiger partial charge in [0, 0.05) is 37.8 Å². The van der Waals surface area contributed by atoms with Gasteiger partial charge in [0.15, 0.2) is 0 Å². The summed E-state index contributed by atoms with van der Waals surface area (Å²) in [7, 11) is 1.71. The number of methoxy groups -OCH3 is 1. The van der Waals surface area contributed by atoms with Gasteiger partial charge in [-0.05, 0) is 55.4 Å². The highest BCUT2D eigenvalue weighted by Gasteiger charge is 2.40. The van der Waals surface area contributed by atoms with Crippen LogP contribution in [0.4, 0.5) is 0 Å². The number of hydrogen-bond donors (Lipinski definition) is 1. The van der Waals surface area contributed by atoms with E-state index in [0.29, 0.717) is 30.6 Å². The molecule has 1 fully saturated rings. The number of allylic oxidation sites excluding steroid dienone is 2. The fourth-order valence-electron chi connectivity index (χ4n) is 5.05. The number of piperidine rings is 1. The summed E-state index contributed by atoms with van der Waals surface area (Å²) >= 11 is 6.21. The van der Waals surface area contributed by atoms with Gasteiger partial charge in [0.1, 0.15) is 0 Å². The van der Waals surface area contributed by atoms with Crippen LogP contribution in [0.3, 0.4) is 0 Å². The SMILES string of the molecule is COCCOCCN[C@@H](CN1CCC(C2CC=C(Cl)CC2)C(C)(C)C1)C(C)C. The summed E-state index contributed by atoms with van der Waals surface area (Å²) in [4.78, 5) is 2.69. The third-order valence-electron chi connectivity index (χ3n) is 6.70. The van der Waals surface area contributed by atoms with Crippen LogP contribution in [0, 0.1) is 23.2 Å². The van der Waals surface area contributed by atoms with Crippen molar-refractivity contribution < 1.29 is 9.47 Å². The van der Waals surface area contributed by atoms with Crippen LogP contribution < -0.4 is 5.32 Å². The summed E-state index contributed by atoms with van der Waals surface area (Å²) in [6, 6.07) is 0.509. The second-order valence-electron chi connectivity index (χ2n) is 9.71. The Morgan fingerprint density at radius 1 is 1.25 bits per heavy atom. The van der Waals surface area contributed by atoms with Crippen LogP contribution in [0.15, 0.2) is 11.1 Å². The maximum atomic E-state index is 6.21. The van der Waals surface area contributed by atoms with Crippen LogP contribution in [0.1, 0.15) is 53.4 Å². The predicted octanol–water partition coefficient (Wildman–Crippen LogP) is 4.53. The third kappa shape index (κ3) is 7.60. The van der Waals surface area contributed by atoms with E-state index in [1.54, 1.807) is 7.11 Å². The average molecular weight is 415 g/mol. The summed E-state index contributed by atoms with van der Waals surface area (Å²) in [6.07, 6.45) is 7.10. The zero-order chi connectivity index (χ0) is 20.6. The van der Waals surface area contributed by atoms with E-state index in [1.807, 2.05) is 0 Å². The Kier molecular flexibility index (Phi) is 10.3. The molecule has 0 spiro atoms. The zero-order valence-corrected chi connectivity index (χ0v) is 19.6. The van der Waals surface area contributed by atoms with Gasteiger partial charge in [-0.25, -0.2) is 0 Å². The van der Waals surface area contributed by atoms with Crippen molar-refractivity contribution in [2.24, 2.45) is 23.2 Å². The monoisotopic (exact) mass is 414 g/mol. The van der Waals surface area contributed by atoms with E-state index in [1.165, 1.54) is 32.4 Å². The molecule has 0 aromatic rings. The van der Waals surface area contributed by atoms with Crippen molar-refractivity contribution in [1.82, 2.24) is 10.2 Å². The number of nitrogens with zero attached hydrogens (tertiary/aromatic N) is 1. The van der Waals surface area contributed by atoms with Gasteiger partial charge in [-0.15, -0.1) is 0 Å². The molecule has 0 aromatic heterocycles. The molecule has 2 rings (SSSR count). The molecule has 0 amide bonds. The maximum Gasteiger partial charge on any atom is 0.0700 e. The molecule has 1 N–H and O–H groups in total. The average Bonchev–Trinajstić information content (AvgIpc) is 2.64. The fraction of sp³-hybridized carbons (Fsp3) is 0.913. The van der Waals surface area contributed by atoms with Gasteiger partial charge >= 0.3 is 0 Å². The van der Waals surface area contributed by atoms with Crippen molar-refractivity contribution >= 4 is 11.6 Å². The van der Waals surface area contributed by atoms with Crippen molar-refractivity contribution in [3.8, 4) is 0 Å². The van der Waals surface area contributed by atoms with Gasteiger partial charge < -0.3 is 19.7 Å². The highest BCUT2D eigenvalue weighted by atomic mass is 35.5. The topological polar surface area (TPSA) is 33.7 Å². The van der Waals surface area contributed by atoms with Gasteiger partial charge in [0.25, 0.3) is 0 Å². The Balaban J connectivity index is 1.80. The molecule has 1 saturated heterocycles. The molecule has 2 aliphatic rings. The van der Waals surface area contributed by atoms with E-state index < -0.39 is 0 Å². The maximum absolute atomic E-state index is 6.21. The number of ether oxygens (including phenoxy) is 2. The number of rotatable bonds is 11. The van der Waals surface area contributed by atoms with Gasteiger partial charge in [0.2, 0.25) is 0 Å². The van der Waals surface area contributed by atoms with Crippen LogP contribution >= 0.6 is 11.6 Å². The summed E-state index contributed by atoms with van der Waals surface area (Å²) in [5.74, 6) is 2.23. The molecule has 1 aliphatic carbocycles. The molecule has 0 saturated carbocycles. The fourth-order valence-corrected chi connectivity index (χ4v) is 5.25. The Morgan fingerprint density at radius 3 is 2.64 bits per heavy atom. The normalized spacial score (nSPS) is 27.0. The largest absolute Gasteiger partial charge is 0.382 e. The van der Waals surface area contributed by atoms with Gasteiger partial charge in [-0.2, -0.15) is 0 Å². The molecule has 5 heteroatoms. The summed E-state index contributed by atoms with van der Waals surface area (Å²) in [6.45, 7) is 16.1. The summed E-state index contributed by atoms with van der Waals surface area (Å²) in [5.41, 5.74) is 0.366. The van der Waals surface area contributed by atoms with Crippen LogP contribution in [0.5, 0.6) is 0 Å². The Morgan fingerprint density at radius 2 is 2.04 bits per heavy atom. The minimum Gasteiger partial charge on any atom is -0.382 e. The van der Waals surface area contributed by atoms with E-state index in [-0.39, 0.29) is 0 Å². The number of likely N-dealkylation sites (tertiary alicyclic amines) is 1. The molecule has 0 radical (unpaired) electrons. The van der Waals surface area contributed by atoms with Crippen molar-refractivity contribution in [1.29, 1.82) is 0 Å². The zero-order valence-electron chi connectivity index (χ0n) is 18.8. The van der Waals surface area contributed by atoms with Crippen LogP contribution in [0.2, 0.25) is 0 Å². The van der Waals surface area contributed by atoms with Gasteiger partial charge in [0.05, 0.1) is 19.8 Å². The first-order chi connectivity index (χ1) is 13.3. The van der Waals surface area contributed by atoms with Gasteiger partial charge in [-0.3, -0.25) is 0 Å². The Bertz CT molecular complexity index is 481. The second-order valence-corrected chi connectivity index (χ2v) is 10.2. The first-order valence-corrected chi connectivity index (χ1v) is 11.6. The molecule has 164 valence electrons. The quantitative estimate of drug-likeness (QED) is 0.503. The molecule has 3 atom stereocenters. The lowest BCUT2D eigenvalue weighted by Crippen LogP contribution is -2.53. The lowest BCUT2D eigenvalue weighted by molar-refractivity contribution is 0.0110. The van der Waals surface area contributed by atoms with E-state index in [4.69, 9.17) is 21.1 Å².